The summed E-state index contributed by atoms with van der Waals surface area (Å²) in [5.41, 5.74) is 5.76. The van der Waals surface area contributed by atoms with Crippen molar-refractivity contribution in [3.8, 4) is 5.75 Å². The quantitative estimate of drug-likeness (QED) is 0.519. The zero-order valence-corrected chi connectivity index (χ0v) is 14.3. The number of nitrogens with two attached hydrogens (primary N) is 1. The van der Waals surface area contributed by atoms with Gasteiger partial charge in [0.15, 0.2) is 6.10 Å². The molecule has 0 aliphatic rings. The summed E-state index contributed by atoms with van der Waals surface area (Å²) in [6, 6.07) is 8.15. The lowest BCUT2D eigenvalue weighted by Crippen LogP contribution is -2.30. The number of carbonyl (C=O) groups is 1. The third-order valence-corrected chi connectivity index (χ3v) is 3.75. The number of nitrogen functional groups attached to an aromatic ring is 1. The molecule has 0 bridgehead atoms. The van der Waals surface area contributed by atoms with Crippen molar-refractivity contribution in [2.45, 2.75) is 12.6 Å². The number of nitrogens with one attached hydrogen (secondary N) is 2. The molecule has 8 heteroatoms. The Morgan fingerprint density at radius 1 is 1.19 bits per heavy atom. The Bertz CT molecular complexity index is 827. The molecule has 0 radical (unpaired) electrons. The van der Waals surface area contributed by atoms with E-state index in [0.29, 0.717) is 11.3 Å². The summed E-state index contributed by atoms with van der Waals surface area (Å²) in [4.78, 5) is 12.3. The van der Waals surface area contributed by atoms with Crippen LogP contribution in [0.3, 0.4) is 0 Å². The highest BCUT2D eigenvalue weighted by Gasteiger charge is 2.23. The molecule has 0 saturated carbocycles. The van der Waals surface area contributed by atoms with Gasteiger partial charge in [0.25, 0.3) is 5.91 Å². The Balaban J connectivity index is 2.10. The van der Waals surface area contributed by atoms with Gasteiger partial charge in [0, 0.05) is 25.3 Å². The molecule has 0 aliphatic carbocycles. The number of ether oxygens (including phenoxy) is 2. The monoisotopic (exact) mass is 363 g/mol. The minimum Gasteiger partial charge on any atom is -0.497 e. The van der Waals surface area contributed by atoms with Crippen LogP contribution in [-0.4, -0.2) is 26.0 Å². The van der Waals surface area contributed by atoms with Crippen LogP contribution in [0, 0.1) is 17.0 Å². The number of hydrogen-bond donors (Lipinski definition) is 3. The van der Waals surface area contributed by atoms with Gasteiger partial charge in [0.1, 0.15) is 23.2 Å². The van der Waals surface area contributed by atoms with Crippen molar-refractivity contribution in [3.05, 3.63) is 64.7 Å². The van der Waals surface area contributed by atoms with E-state index in [1.807, 2.05) is 0 Å². The molecule has 0 aliphatic heterocycles. The minimum absolute atomic E-state index is 0.00553. The van der Waals surface area contributed by atoms with Gasteiger partial charge < -0.3 is 20.5 Å². The van der Waals surface area contributed by atoms with E-state index in [-0.39, 0.29) is 23.5 Å². The van der Waals surface area contributed by atoms with E-state index < -0.39 is 23.6 Å². The first-order chi connectivity index (χ1) is 12.4. The lowest BCUT2D eigenvalue weighted by molar-refractivity contribution is -0.131. The second-order valence-electron chi connectivity index (χ2n) is 5.45. The van der Waals surface area contributed by atoms with Crippen LogP contribution in [0.1, 0.15) is 22.8 Å². The van der Waals surface area contributed by atoms with E-state index in [0.717, 1.165) is 6.07 Å². The first-order valence-electron chi connectivity index (χ1n) is 7.64. The van der Waals surface area contributed by atoms with Gasteiger partial charge in [-0.15, -0.1) is 0 Å². The fraction of sp³-hybridized carbons (Fsp3) is 0.222. The van der Waals surface area contributed by atoms with Crippen molar-refractivity contribution in [2.24, 2.45) is 5.73 Å². The maximum atomic E-state index is 14.1. The van der Waals surface area contributed by atoms with E-state index >= 15 is 0 Å². The SMILES string of the molecule is COc1ccc(C(OC)C(=O)NCc2ccc(C(=N)N)c(F)c2)c(F)c1. The number of amides is 1. The summed E-state index contributed by atoms with van der Waals surface area (Å²) in [5, 5.41) is 9.82. The predicted molar refractivity (Wildman–Crippen MR) is 92.0 cm³/mol. The van der Waals surface area contributed by atoms with E-state index in [2.05, 4.69) is 5.32 Å². The Morgan fingerprint density at radius 3 is 2.46 bits per heavy atom. The molecule has 0 aromatic heterocycles. The maximum absolute atomic E-state index is 14.1. The molecule has 1 amide bonds. The van der Waals surface area contributed by atoms with E-state index in [9.17, 15) is 13.6 Å². The van der Waals surface area contributed by atoms with Gasteiger partial charge in [-0.2, -0.15) is 0 Å². The number of amidine groups is 1. The van der Waals surface area contributed by atoms with Crippen molar-refractivity contribution in [2.75, 3.05) is 14.2 Å². The molecule has 2 rings (SSSR count). The molecule has 0 heterocycles. The summed E-state index contributed by atoms with van der Waals surface area (Å²) < 4.78 is 38.0. The van der Waals surface area contributed by atoms with Crippen LogP contribution < -0.4 is 15.8 Å². The lowest BCUT2D eigenvalue weighted by atomic mass is 10.1. The summed E-state index contributed by atoms with van der Waals surface area (Å²) in [7, 11) is 2.70. The molecular formula is C18H19F2N3O3. The van der Waals surface area contributed by atoms with Crippen molar-refractivity contribution < 1.29 is 23.0 Å². The molecule has 4 N–H and O–H groups in total. The van der Waals surface area contributed by atoms with Crippen LogP contribution in [0.25, 0.3) is 0 Å². The fourth-order valence-electron chi connectivity index (χ4n) is 2.39. The lowest BCUT2D eigenvalue weighted by Gasteiger charge is -2.17. The number of benzene rings is 2. The molecule has 2 aromatic carbocycles. The van der Waals surface area contributed by atoms with Crippen molar-refractivity contribution in [3.63, 3.8) is 0 Å². The summed E-state index contributed by atoms with van der Waals surface area (Å²) in [5.74, 6) is -1.93. The van der Waals surface area contributed by atoms with Gasteiger partial charge in [-0.05, 0) is 29.8 Å². The Kier molecular flexibility index (Phi) is 6.24. The molecule has 0 spiro atoms. The fourth-order valence-corrected chi connectivity index (χ4v) is 2.39. The normalized spacial score (nSPS) is 11.7. The third kappa shape index (κ3) is 4.34. The average Bonchev–Trinajstić information content (AvgIpc) is 2.61. The van der Waals surface area contributed by atoms with Crippen molar-refractivity contribution >= 4 is 11.7 Å². The molecule has 6 nitrogen and oxygen atoms in total. The summed E-state index contributed by atoms with van der Waals surface area (Å²) in [6.07, 6.45) is -1.16. The van der Waals surface area contributed by atoms with Crippen LogP contribution in [0.2, 0.25) is 0 Å². The van der Waals surface area contributed by atoms with Gasteiger partial charge in [-0.1, -0.05) is 6.07 Å². The zero-order valence-electron chi connectivity index (χ0n) is 14.3. The van der Waals surface area contributed by atoms with Gasteiger partial charge in [-0.3, -0.25) is 10.2 Å². The van der Waals surface area contributed by atoms with Gasteiger partial charge in [0.2, 0.25) is 0 Å². The molecule has 0 fully saturated rings. The topological polar surface area (TPSA) is 97.4 Å². The highest BCUT2D eigenvalue weighted by molar-refractivity contribution is 5.95. The highest BCUT2D eigenvalue weighted by atomic mass is 19.1. The van der Waals surface area contributed by atoms with E-state index in [1.54, 1.807) is 0 Å². The molecule has 0 saturated heterocycles. The number of rotatable bonds is 7. The van der Waals surface area contributed by atoms with Crippen LogP contribution in [0.4, 0.5) is 8.78 Å². The Morgan fingerprint density at radius 2 is 1.92 bits per heavy atom. The minimum atomic E-state index is -1.16. The first-order valence-corrected chi connectivity index (χ1v) is 7.64. The summed E-state index contributed by atoms with van der Waals surface area (Å²) in [6.45, 7) is 0.00553. The van der Waals surface area contributed by atoms with Gasteiger partial charge in [0.05, 0.1) is 12.7 Å². The van der Waals surface area contributed by atoms with Crippen LogP contribution in [0.5, 0.6) is 5.75 Å². The molecule has 2 aromatic rings. The largest absolute Gasteiger partial charge is 0.497 e. The van der Waals surface area contributed by atoms with E-state index in [4.69, 9.17) is 20.6 Å². The number of halogens is 2. The number of carbonyl (C=O) groups excluding carboxylic acids is 1. The Labute approximate surface area is 149 Å². The molecular weight excluding hydrogens is 344 g/mol. The Hall–Kier alpha value is -3.00. The number of hydrogen-bond acceptors (Lipinski definition) is 4. The molecule has 1 atom stereocenters. The maximum Gasteiger partial charge on any atom is 0.254 e. The average molecular weight is 363 g/mol. The second-order valence-corrected chi connectivity index (χ2v) is 5.45. The van der Waals surface area contributed by atoms with E-state index in [1.165, 1.54) is 44.6 Å². The van der Waals surface area contributed by atoms with Gasteiger partial charge >= 0.3 is 0 Å². The highest BCUT2D eigenvalue weighted by Crippen LogP contribution is 2.24. The molecule has 1 unspecified atom stereocenters. The van der Waals surface area contributed by atoms with Gasteiger partial charge in [-0.25, -0.2) is 8.78 Å². The smallest absolute Gasteiger partial charge is 0.254 e. The molecule has 26 heavy (non-hydrogen) atoms. The van der Waals surface area contributed by atoms with Crippen molar-refractivity contribution in [1.82, 2.24) is 5.32 Å². The van der Waals surface area contributed by atoms with Crippen molar-refractivity contribution in [1.29, 1.82) is 5.41 Å². The van der Waals surface area contributed by atoms with Crippen LogP contribution in [0.15, 0.2) is 36.4 Å². The predicted octanol–water partition coefficient (Wildman–Crippen LogP) is 2.26. The third-order valence-electron chi connectivity index (χ3n) is 3.75. The summed E-state index contributed by atoms with van der Waals surface area (Å²) >= 11 is 0. The molecule has 138 valence electrons. The van der Waals surface area contributed by atoms with Crippen LogP contribution in [-0.2, 0) is 16.1 Å². The second kappa shape index (κ2) is 8.39. The zero-order chi connectivity index (χ0) is 19.3. The number of methoxy groups -OCH3 is 2. The standard InChI is InChI=1S/C18H19F2N3O3/c1-25-11-4-6-12(15(20)8-11)16(26-2)18(24)23-9-10-3-5-13(17(21)22)14(19)7-10/h3-8,16H,9H2,1-2H3,(H3,21,22)(H,23,24). The first kappa shape index (κ1) is 19.3. The van der Waals surface area contributed by atoms with Crippen LogP contribution >= 0.6 is 0 Å².